The SMILES string of the molecule is CC1=CCc2c(nnn2-c2ccccc2)CO1. The number of allylic oxidation sites excluding steroid dienone is 2. The van der Waals surface area contributed by atoms with E-state index in [2.05, 4.69) is 16.4 Å². The molecule has 0 spiro atoms. The average Bonchev–Trinajstić information content (AvgIpc) is 2.69. The zero-order chi connectivity index (χ0) is 11.7. The first kappa shape index (κ1) is 10.1. The molecule has 0 bridgehead atoms. The molecule has 17 heavy (non-hydrogen) atoms. The quantitative estimate of drug-likeness (QED) is 0.750. The van der Waals surface area contributed by atoms with Crippen LogP contribution in [0.15, 0.2) is 42.2 Å². The second-order valence-corrected chi connectivity index (χ2v) is 4.04. The maximum Gasteiger partial charge on any atom is 0.133 e. The van der Waals surface area contributed by atoms with E-state index in [-0.39, 0.29) is 0 Å². The number of rotatable bonds is 1. The molecule has 0 saturated carbocycles. The Morgan fingerprint density at radius 3 is 2.88 bits per heavy atom. The predicted octanol–water partition coefficient (Wildman–Crippen LogP) is 2.24. The maximum absolute atomic E-state index is 5.52. The van der Waals surface area contributed by atoms with Crippen molar-refractivity contribution in [3.05, 3.63) is 53.6 Å². The number of hydrogen-bond donors (Lipinski definition) is 0. The third-order valence-electron chi connectivity index (χ3n) is 2.86. The molecule has 3 rings (SSSR count). The summed E-state index contributed by atoms with van der Waals surface area (Å²) in [6.07, 6.45) is 2.87. The van der Waals surface area contributed by atoms with E-state index in [1.807, 2.05) is 41.9 Å². The monoisotopic (exact) mass is 227 g/mol. The Morgan fingerprint density at radius 1 is 1.24 bits per heavy atom. The van der Waals surface area contributed by atoms with Crippen molar-refractivity contribution in [2.24, 2.45) is 0 Å². The van der Waals surface area contributed by atoms with Crippen LogP contribution >= 0.6 is 0 Å². The van der Waals surface area contributed by atoms with Gasteiger partial charge in [-0.2, -0.15) is 0 Å². The Kier molecular flexibility index (Phi) is 2.40. The zero-order valence-electron chi connectivity index (χ0n) is 9.63. The average molecular weight is 227 g/mol. The lowest BCUT2D eigenvalue weighted by Crippen LogP contribution is -2.02. The first-order chi connectivity index (χ1) is 8.34. The molecule has 0 amide bonds. The highest BCUT2D eigenvalue weighted by Crippen LogP contribution is 2.19. The summed E-state index contributed by atoms with van der Waals surface area (Å²) in [5.41, 5.74) is 3.06. The van der Waals surface area contributed by atoms with Gasteiger partial charge in [-0.3, -0.25) is 0 Å². The molecule has 2 aromatic rings. The first-order valence-electron chi connectivity index (χ1n) is 5.63. The maximum atomic E-state index is 5.52. The van der Waals surface area contributed by atoms with Crippen LogP contribution in [0.3, 0.4) is 0 Å². The molecule has 86 valence electrons. The molecular weight excluding hydrogens is 214 g/mol. The van der Waals surface area contributed by atoms with Gasteiger partial charge >= 0.3 is 0 Å². The molecule has 0 atom stereocenters. The summed E-state index contributed by atoms with van der Waals surface area (Å²) >= 11 is 0. The Balaban J connectivity index is 2.06. The summed E-state index contributed by atoms with van der Waals surface area (Å²) in [5.74, 6) is 0.947. The van der Waals surface area contributed by atoms with Gasteiger partial charge < -0.3 is 4.74 Å². The van der Waals surface area contributed by atoms with E-state index < -0.39 is 0 Å². The van der Waals surface area contributed by atoms with Crippen LogP contribution in [0.2, 0.25) is 0 Å². The highest BCUT2D eigenvalue weighted by molar-refractivity contribution is 5.34. The molecule has 2 heterocycles. The number of hydrogen-bond acceptors (Lipinski definition) is 3. The Hall–Kier alpha value is -2.10. The van der Waals surface area contributed by atoms with E-state index in [9.17, 15) is 0 Å². The van der Waals surface area contributed by atoms with Gasteiger partial charge in [0.05, 0.1) is 17.1 Å². The standard InChI is InChI=1S/C13H13N3O/c1-10-7-8-13-12(9-17-10)14-15-16(13)11-5-3-2-4-6-11/h2-7H,8-9H2,1H3. The summed E-state index contributed by atoms with van der Waals surface area (Å²) in [4.78, 5) is 0. The molecule has 0 unspecified atom stereocenters. The molecule has 0 radical (unpaired) electrons. The summed E-state index contributed by atoms with van der Waals surface area (Å²) in [7, 11) is 0. The van der Waals surface area contributed by atoms with Crippen LogP contribution in [-0.4, -0.2) is 15.0 Å². The molecule has 0 aliphatic carbocycles. The van der Waals surface area contributed by atoms with E-state index >= 15 is 0 Å². The predicted molar refractivity (Wildman–Crippen MR) is 63.6 cm³/mol. The van der Waals surface area contributed by atoms with Gasteiger partial charge in [0.2, 0.25) is 0 Å². The highest BCUT2D eigenvalue weighted by atomic mass is 16.5. The van der Waals surface area contributed by atoms with Gasteiger partial charge in [-0.1, -0.05) is 23.4 Å². The third-order valence-corrected chi connectivity index (χ3v) is 2.86. The minimum atomic E-state index is 0.504. The number of para-hydroxylation sites is 1. The van der Waals surface area contributed by atoms with Gasteiger partial charge in [0, 0.05) is 6.42 Å². The van der Waals surface area contributed by atoms with Gasteiger partial charge in [-0.25, -0.2) is 4.68 Å². The lowest BCUT2D eigenvalue weighted by molar-refractivity contribution is 0.198. The molecule has 4 heteroatoms. The molecule has 0 N–H and O–H groups in total. The largest absolute Gasteiger partial charge is 0.492 e. The topological polar surface area (TPSA) is 39.9 Å². The highest BCUT2D eigenvalue weighted by Gasteiger charge is 2.16. The molecule has 1 aliphatic rings. The van der Waals surface area contributed by atoms with Gasteiger partial charge in [0.1, 0.15) is 12.3 Å². The van der Waals surface area contributed by atoms with Crippen molar-refractivity contribution in [1.29, 1.82) is 0 Å². The second kappa shape index (κ2) is 4.05. The van der Waals surface area contributed by atoms with E-state index in [4.69, 9.17) is 4.74 Å². The fourth-order valence-corrected chi connectivity index (χ4v) is 1.91. The smallest absolute Gasteiger partial charge is 0.133 e. The second-order valence-electron chi connectivity index (χ2n) is 4.04. The number of fused-ring (bicyclic) bond motifs is 1. The van der Waals surface area contributed by atoms with Crippen molar-refractivity contribution in [3.8, 4) is 5.69 Å². The lowest BCUT2D eigenvalue weighted by Gasteiger charge is -2.03. The van der Waals surface area contributed by atoms with Gasteiger partial charge in [-0.15, -0.1) is 5.10 Å². The Labute approximate surface area is 99.5 Å². The molecular formula is C13H13N3O. The molecule has 0 saturated heterocycles. The van der Waals surface area contributed by atoms with Crippen LogP contribution in [0.5, 0.6) is 0 Å². The summed E-state index contributed by atoms with van der Waals surface area (Å²) < 4.78 is 7.41. The summed E-state index contributed by atoms with van der Waals surface area (Å²) in [6.45, 7) is 2.47. The minimum absolute atomic E-state index is 0.504. The van der Waals surface area contributed by atoms with Crippen LogP contribution in [-0.2, 0) is 17.8 Å². The molecule has 1 aromatic carbocycles. The minimum Gasteiger partial charge on any atom is -0.492 e. The molecule has 4 nitrogen and oxygen atoms in total. The van der Waals surface area contributed by atoms with Crippen molar-refractivity contribution >= 4 is 0 Å². The fourth-order valence-electron chi connectivity index (χ4n) is 1.91. The van der Waals surface area contributed by atoms with E-state index in [1.54, 1.807) is 0 Å². The number of nitrogens with zero attached hydrogens (tertiary/aromatic N) is 3. The van der Waals surface area contributed by atoms with Gasteiger partial charge in [0.25, 0.3) is 0 Å². The van der Waals surface area contributed by atoms with Crippen molar-refractivity contribution in [2.75, 3.05) is 0 Å². The fraction of sp³-hybridized carbons (Fsp3) is 0.231. The lowest BCUT2D eigenvalue weighted by atomic mass is 10.2. The number of benzene rings is 1. The summed E-state index contributed by atoms with van der Waals surface area (Å²) in [6, 6.07) is 10.0. The Bertz CT molecular complexity index is 557. The normalized spacial score (nSPS) is 14.5. The van der Waals surface area contributed by atoms with Crippen LogP contribution in [0.25, 0.3) is 5.69 Å². The van der Waals surface area contributed by atoms with E-state index in [1.165, 1.54) is 0 Å². The summed E-state index contributed by atoms with van der Waals surface area (Å²) in [5, 5.41) is 8.37. The number of aromatic nitrogens is 3. The van der Waals surface area contributed by atoms with E-state index in [0.717, 1.165) is 29.3 Å². The number of ether oxygens (including phenoxy) is 1. The van der Waals surface area contributed by atoms with Gasteiger partial charge in [-0.05, 0) is 25.1 Å². The van der Waals surface area contributed by atoms with Crippen molar-refractivity contribution < 1.29 is 4.74 Å². The molecule has 1 aromatic heterocycles. The third kappa shape index (κ3) is 1.82. The molecule has 0 fully saturated rings. The van der Waals surface area contributed by atoms with Crippen LogP contribution in [0.4, 0.5) is 0 Å². The van der Waals surface area contributed by atoms with E-state index in [0.29, 0.717) is 6.61 Å². The first-order valence-corrected chi connectivity index (χ1v) is 5.63. The van der Waals surface area contributed by atoms with Crippen molar-refractivity contribution in [2.45, 2.75) is 20.0 Å². The van der Waals surface area contributed by atoms with Crippen LogP contribution in [0, 0.1) is 0 Å². The zero-order valence-corrected chi connectivity index (χ0v) is 9.63. The van der Waals surface area contributed by atoms with Crippen LogP contribution < -0.4 is 0 Å². The molecule has 1 aliphatic heterocycles. The van der Waals surface area contributed by atoms with Gasteiger partial charge in [0.15, 0.2) is 0 Å². The van der Waals surface area contributed by atoms with Crippen molar-refractivity contribution in [1.82, 2.24) is 15.0 Å². The van der Waals surface area contributed by atoms with Crippen molar-refractivity contribution in [3.63, 3.8) is 0 Å². The Morgan fingerprint density at radius 2 is 2.06 bits per heavy atom. The van der Waals surface area contributed by atoms with Crippen LogP contribution in [0.1, 0.15) is 18.3 Å².